The summed E-state index contributed by atoms with van der Waals surface area (Å²) >= 11 is 5.83. The molecule has 2 aromatic rings. The Hall–Kier alpha value is -1.88. The maximum Gasteiger partial charge on any atom is 0.343 e. The highest BCUT2D eigenvalue weighted by Crippen LogP contribution is 2.25. The van der Waals surface area contributed by atoms with Crippen molar-refractivity contribution in [3.63, 3.8) is 0 Å². The standard InChI is InChI=1S/C16H17ClFNO3/c1-4-9(3)19-8-11(16(21)22-5-2)15(20)10-6-13(18)12(17)7-14(10)19/h6-9H,4-5H2,1-3H3. The fraction of sp³-hybridized carbons (Fsp3) is 0.375. The van der Waals surface area contributed by atoms with E-state index in [1.807, 2.05) is 13.8 Å². The maximum atomic E-state index is 13.7. The molecule has 2 rings (SSSR count). The zero-order chi connectivity index (χ0) is 16.4. The van der Waals surface area contributed by atoms with Crippen molar-refractivity contribution in [2.45, 2.75) is 33.2 Å². The van der Waals surface area contributed by atoms with Crippen LogP contribution in [0.15, 0.2) is 23.1 Å². The number of fused-ring (bicyclic) bond motifs is 1. The Kier molecular flexibility index (Phi) is 4.86. The van der Waals surface area contributed by atoms with Crippen molar-refractivity contribution < 1.29 is 13.9 Å². The van der Waals surface area contributed by atoms with Crippen LogP contribution in [0.25, 0.3) is 10.9 Å². The van der Waals surface area contributed by atoms with E-state index in [0.29, 0.717) is 5.52 Å². The van der Waals surface area contributed by atoms with Crippen molar-refractivity contribution in [2.75, 3.05) is 6.61 Å². The first kappa shape index (κ1) is 16.5. The molecule has 118 valence electrons. The molecule has 0 radical (unpaired) electrons. The predicted molar refractivity (Wildman–Crippen MR) is 84.1 cm³/mol. The van der Waals surface area contributed by atoms with E-state index in [2.05, 4.69) is 0 Å². The van der Waals surface area contributed by atoms with Crippen LogP contribution in [-0.4, -0.2) is 17.1 Å². The monoisotopic (exact) mass is 325 g/mol. The summed E-state index contributed by atoms with van der Waals surface area (Å²) in [6.07, 6.45) is 2.24. The lowest BCUT2D eigenvalue weighted by Crippen LogP contribution is -2.22. The van der Waals surface area contributed by atoms with Crippen LogP contribution < -0.4 is 5.43 Å². The van der Waals surface area contributed by atoms with Gasteiger partial charge in [0.25, 0.3) is 0 Å². The molecule has 0 spiro atoms. The van der Waals surface area contributed by atoms with E-state index in [0.717, 1.165) is 12.5 Å². The number of benzene rings is 1. The zero-order valence-electron chi connectivity index (χ0n) is 12.7. The Morgan fingerprint density at radius 3 is 2.68 bits per heavy atom. The Labute approximate surface area is 132 Å². The first-order valence-corrected chi connectivity index (χ1v) is 7.49. The van der Waals surface area contributed by atoms with Gasteiger partial charge in [-0.15, -0.1) is 0 Å². The van der Waals surface area contributed by atoms with Crippen molar-refractivity contribution in [1.82, 2.24) is 4.57 Å². The Balaban J connectivity index is 2.85. The second-order valence-corrected chi connectivity index (χ2v) is 5.45. The van der Waals surface area contributed by atoms with Gasteiger partial charge in [0.15, 0.2) is 0 Å². The van der Waals surface area contributed by atoms with Crippen LogP contribution in [0.4, 0.5) is 4.39 Å². The quantitative estimate of drug-likeness (QED) is 0.800. The van der Waals surface area contributed by atoms with Gasteiger partial charge in [-0.2, -0.15) is 0 Å². The molecule has 0 saturated carbocycles. The fourth-order valence-corrected chi connectivity index (χ4v) is 2.42. The van der Waals surface area contributed by atoms with Gasteiger partial charge in [-0.25, -0.2) is 9.18 Å². The van der Waals surface area contributed by atoms with Crippen LogP contribution in [0.3, 0.4) is 0 Å². The molecule has 6 heteroatoms. The minimum Gasteiger partial charge on any atom is -0.462 e. The van der Waals surface area contributed by atoms with E-state index >= 15 is 0 Å². The Morgan fingerprint density at radius 2 is 2.09 bits per heavy atom. The summed E-state index contributed by atoms with van der Waals surface area (Å²) in [5.41, 5.74) is -0.154. The van der Waals surface area contributed by atoms with Gasteiger partial charge in [-0.05, 0) is 32.4 Å². The summed E-state index contributed by atoms with van der Waals surface area (Å²) in [7, 11) is 0. The molecular weight excluding hydrogens is 309 g/mol. The lowest BCUT2D eigenvalue weighted by Gasteiger charge is -2.19. The molecule has 0 saturated heterocycles. The molecule has 22 heavy (non-hydrogen) atoms. The van der Waals surface area contributed by atoms with Crippen molar-refractivity contribution >= 4 is 28.5 Å². The fourth-order valence-electron chi connectivity index (χ4n) is 2.26. The third kappa shape index (κ3) is 2.86. The lowest BCUT2D eigenvalue weighted by molar-refractivity contribution is 0.0524. The second-order valence-electron chi connectivity index (χ2n) is 5.04. The van der Waals surface area contributed by atoms with E-state index in [1.54, 1.807) is 11.5 Å². The molecule has 0 fully saturated rings. The number of aromatic nitrogens is 1. The first-order valence-electron chi connectivity index (χ1n) is 7.11. The van der Waals surface area contributed by atoms with E-state index in [1.165, 1.54) is 12.3 Å². The van der Waals surface area contributed by atoms with Crippen molar-refractivity contribution in [2.24, 2.45) is 0 Å². The Morgan fingerprint density at radius 1 is 1.41 bits per heavy atom. The van der Waals surface area contributed by atoms with Gasteiger partial charge in [0.1, 0.15) is 11.4 Å². The lowest BCUT2D eigenvalue weighted by atomic mass is 10.1. The third-order valence-corrected chi connectivity index (χ3v) is 3.92. The number of pyridine rings is 1. The van der Waals surface area contributed by atoms with E-state index in [-0.39, 0.29) is 28.6 Å². The topological polar surface area (TPSA) is 48.3 Å². The van der Waals surface area contributed by atoms with Crippen LogP contribution >= 0.6 is 11.6 Å². The first-order chi connectivity index (χ1) is 10.4. The molecule has 0 aliphatic rings. The molecule has 4 nitrogen and oxygen atoms in total. The largest absolute Gasteiger partial charge is 0.462 e. The molecule has 0 amide bonds. The SMILES string of the molecule is CCOC(=O)c1cn(C(C)CC)c2cc(Cl)c(F)cc2c1=O. The molecule has 0 aliphatic heterocycles. The highest BCUT2D eigenvalue weighted by atomic mass is 35.5. The highest BCUT2D eigenvalue weighted by Gasteiger charge is 2.19. The summed E-state index contributed by atoms with van der Waals surface area (Å²) in [6, 6.07) is 2.49. The molecule has 1 aromatic heterocycles. The predicted octanol–water partition coefficient (Wildman–Crippen LogP) is 3.94. The Bertz CT molecular complexity index is 785. The number of hydrogen-bond acceptors (Lipinski definition) is 3. The van der Waals surface area contributed by atoms with E-state index in [9.17, 15) is 14.0 Å². The van der Waals surface area contributed by atoms with Crippen LogP contribution in [0.2, 0.25) is 5.02 Å². The van der Waals surface area contributed by atoms with Crippen LogP contribution in [0, 0.1) is 5.82 Å². The van der Waals surface area contributed by atoms with E-state index < -0.39 is 17.2 Å². The summed E-state index contributed by atoms with van der Waals surface area (Å²) < 4.78 is 20.4. The van der Waals surface area contributed by atoms with Gasteiger partial charge in [-0.3, -0.25) is 4.79 Å². The normalized spacial score (nSPS) is 12.4. The molecule has 1 aromatic carbocycles. The second kappa shape index (κ2) is 6.48. The van der Waals surface area contributed by atoms with Crippen molar-refractivity contribution in [1.29, 1.82) is 0 Å². The summed E-state index contributed by atoms with van der Waals surface area (Å²) in [5.74, 6) is -1.40. The zero-order valence-corrected chi connectivity index (χ0v) is 13.4. The van der Waals surface area contributed by atoms with Gasteiger partial charge in [-0.1, -0.05) is 18.5 Å². The van der Waals surface area contributed by atoms with Crippen molar-refractivity contribution in [3.8, 4) is 0 Å². The number of hydrogen-bond donors (Lipinski definition) is 0. The van der Waals surface area contributed by atoms with Crippen molar-refractivity contribution in [3.05, 3.63) is 45.0 Å². The number of carbonyl (C=O) groups is 1. The molecular formula is C16H17ClFNO3. The molecule has 1 heterocycles. The number of rotatable bonds is 4. The number of halogens is 2. The summed E-state index contributed by atoms with van der Waals surface area (Å²) in [6.45, 7) is 5.74. The van der Waals surface area contributed by atoms with E-state index in [4.69, 9.17) is 16.3 Å². The average Bonchev–Trinajstić information content (AvgIpc) is 2.49. The number of carbonyl (C=O) groups excluding carboxylic acids is 1. The molecule has 1 atom stereocenters. The smallest absolute Gasteiger partial charge is 0.343 e. The molecule has 0 N–H and O–H groups in total. The van der Waals surface area contributed by atoms with Gasteiger partial charge in [0.05, 0.1) is 17.1 Å². The summed E-state index contributed by atoms with van der Waals surface area (Å²) in [5, 5.41) is 0.0561. The molecule has 0 aliphatic carbocycles. The van der Waals surface area contributed by atoms with Gasteiger partial charge >= 0.3 is 5.97 Å². The molecule has 1 unspecified atom stereocenters. The van der Waals surface area contributed by atoms with Gasteiger partial charge < -0.3 is 9.30 Å². The maximum absolute atomic E-state index is 13.7. The van der Waals surface area contributed by atoms with Crippen LogP contribution in [-0.2, 0) is 4.74 Å². The molecule has 0 bridgehead atoms. The average molecular weight is 326 g/mol. The van der Waals surface area contributed by atoms with Crippen LogP contribution in [0.5, 0.6) is 0 Å². The van der Waals surface area contributed by atoms with Gasteiger partial charge in [0, 0.05) is 17.6 Å². The number of ether oxygens (including phenoxy) is 1. The number of nitrogens with zero attached hydrogens (tertiary/aromatic N) is 1. The minimum atomic E-state index is -0.707. The highest BCUT2D eigenvalue weighted by molar-refractivity contribution is 6.31. The third-order valence-electron chi connectivity index (χ3n) is 3.64. The minimum absolute atomic E-state index is 0.0119. The van der Waals surface area contributed by atoms with Crippen LogP contribution in [0.1, 0.15) is 43.6 Å². The van der Waals surface area contributed by atoms with Gasteiger partial charge in [0.2, 0.25) is 5.43 Å². The number of esters is 1. The summed E-state index contributed by atoms with van der Waals surface area (Å²) in [4.78, 5) is 24.4.